The number of aromatic nitrogens is 2. The molecule has 2 unspecified atom stereocenters. The molecule has 3 rings (SSSR count). The van der Waals surface area contributed by atoms with E-state index in [9.17, 15) is 0 Å². The summed E-state index contributed by atoms with van der Waals surface area (Å²) in [7, 11) is 0. The highest BCUT2D eigenvalue weighted by Gasteiger charge is 2.42. The van der Waals surface area contributed by atoms with E-state index >= 15 is 0 Å². The van der Waals surface area contributed by atoms with E-state index in [0.29, 0.717) is 5.92 Å². The minimum absolute atomic E-state index is 0.129. The Bertz CT molecular complexity index is 430. The van der Waals surface area contributed by atoms with Crippen molar-refractivity contribution in [2.75, 3.05) is 6.61 Å². The lowest BCUT2D eigenvalue weighted by atomic mass is 9.80. The van der Waals surface area contributed by atoms with Crippen LogP contribution in [0.5, 0.6) is 0 Å². The molecule has 1 aliphatic carbocycles. The molecule has 3 N–H and O–H groups in total. The topological polar surface area (TPSA) is 73.1 Å². The molecule has 1 aliphatic heterocycles. The first-order valence-corrected chi connectivity index (χ1v) is 7.90. The van der Waals surface area contributed by atoms with E-state index < -0.39 is 0 Å². The van der Waals surface area contributed by atoms with Crippen molar-refractivity contribution in [3.05, 3.63) is 10.6 Å². The first-order valence-electron chi connectivity index (χ1n) is 7.13. The Hall–Kier alpha value is -0.560. The first-order chi connectivity index (χ1) is 9.24. The predicted molar refractivity (Wildman–Crippen MR) is 74.6 cm³/mol. The lowest BCUT2D eigenvalue weighted by Crippen LogP contribution is -2.43. The van der Waals surface area contributed by atoms with Crippen molar-refractivity contribution in [1.29, 1.82) is 0 Å². The van der Waals surface area contributed by atoms with Gasteiger partial charge in [0.2, 0.25) is 0 Å². The number of nitrogens with one attached hydrogen (secondary N) is 1. The highest BCUT2D eigenvalue weighted by atomic mass is 32.1. The summed E-state index contributed by atoms with van der Waals surface area (Å²) in [6.45, 7) is 2.86. The fourth-order valence-corrected chi connectivity index (χ4v) is 4.46. The number of nitrogens with zero attached hydrogens (tertiary/aromatic N) is 2. The SMILES string of the molecule is Cc1nnsc1C(NN)C1CCOC2(CCCC2)C1. The van der Waals surface area contributed by atoms with Crippen molar-refractivity contribution in [3.63, 3.8) is 0 Å². The molecule has 1 spiro atoms. The summed E-state index contributed by atoms with van der Waals surface area (Å²) < 4.78 is 10.1. The van der Waals surface area contributed by atoms with Gasteiger partial charge in [-0.2, -0.15) is 0 Å². The van der Waals surface area contributed by atoms with Gasteiger partial charge in [0.15, 0.2) is 0 Å². The second-order valence-electron chi connectivity index (χ2n) is 5.86. The van der Waals surface area contributed by atoms with E-state index in [1.807, 2.05) is 6.92 Å². The second kappa shape index (κ2) is 5.44. The molecule has 19 heavy (non-hydrogen) atoms. The number of ether oxygens (including phenoxy) is 1. The smallest absolute Gasteiger partial charge is 0.0773 e. The van der Waals surface area contributed by atoms with E-state index in [1.54, 1.807) is 0 Å². The van der Waals surface area contributed by atoms with Gasteiger partial charge < -0.3 is 4.74 Å². The fraction of sp³-hybridized carbons (Fsp3) is 0.846. The van der Waals surface area contributed by atoms with Gasteiger partial charge in [-0.15, -0.1) is 5.10 Å². The Morgan fingerprint density at radius 1 is 1.47 bits per heavy atom. The van der Waals surface area contributed by atoms with Crippen molar-refractivity contribution in [2.45, 2.75) is 57.1 Å². The molecule has 1 saturated carbocycles. The van der Waals surface area contributed by atoms with Crippen LogP contribution in [0.1, 0.15) is 55.1 Å². The summed E-state index contributed by atoms with van der Waals surface area (Å²) in [6, 6.07) is 0.168. The highest BCUT2D eigenvalue weighted by molar-refractivity contribution is 7.05. The molecule has 2 atom stereocenters. The normalized spacial score (nSPS) is 27.8. The summed E-state index contributed by atoms with van der Waals surface area (Å²) in [6.07, 6.45) is 7.19. The molecule has 6 heteroatoms. The van der Waals surface area contributed by atoms with Crippen LogP contribution >= 0.6 is 11.5 Å². The van der Waals surface area contributed by atoms with Crippen LogP contribution < -0.4 is 11.3 Å². The van der Waals surface area contributed by atoms with Gasteiger partial charge in [-0.3, -0.25) is 11.3 Å². The Kier molecular flexibility index (Phi) is 3.84. The van der Waals surface area contributed by atoms with Gasteiger partial charge in [0, 0.05) is 6.61 Å². The number of hydrogen-bond donors (Lipinski definition) is 2. The van der Waals surface area contributed by atoms with Gasteiger partial charge in [-0.05, 0) is 50.1 Å². The Morgan fingerprint density at radius 2 is 2.26 bits per heavy atom. The van der Waals surface area contributed by atoms with Crippen LogP contribution in [0.2, 0.25) is 0 Å². The molecular weight excluding hydrogens is 260 g/mol. The molecule has 0 amide bonds. The molecule has 2 aliphatic rings. The van der Waals surface area contributed by atoms with Crippen LogP contribution in [0.4, 0.5) is 0 Å². The number of nitrogens with two attached hydrogens (primary N) is 1. The van der Waals surface area contributed by atoms with Gasteiger partial charge in [0.1, 0.15) is 0 Å². The number of hydrogen-bond acceptors (Lipinski definition) is 6. The summed E-state index contributed by atoms with van der Waals surface area (Å²) in [5.74, 6) is 6.34. The molecule has 5 nitrogen and oxygen atoms in total. The quantitative estimate of drug-likeness (QED) is 0.656. The maximum absolute atomic E-state index is 6.10. The number of hydrazine groups is 1. The average Bonchev–Trinajstić information content (AvgIpc) is 3.02. The first kappa shape index (κ1) is 13.4. The monoisotopic (exact) mass is 282 g/mol. The lowest BCUT2D eigenvalue weighted by molar-refractivity contribution is -0.0981. The van der Waals surface area contributed by atoms with E-state index in [2.05, 4.69) is 15.0 Å². The van der Waals surface area contributed by atoms with Crippen LogP contribution in [-0.2, 0) is 4.74 Å². The molecule has 2 heterocycles. The predicted octanol–water partition coefficient (Wildman–Crippen LogP) is 2.09. The van der Waals surface area contributed by atoms with Crippen molar-refractivity contribution in [2.24, 2.45) is 11.8 Å². The zero-order valence-corrected chi connectivity index (χ0v) is 12.2. The Morgan fingerprint density at radius 3 is 2.89 bits per heavy atom. The zero-order chi connectivity index (χ0) is 13.3. The van der Waals surface area contributed by atoms with E-state index in [-0.39, 0.29) is 11.6 Å². The Labute approximate surface area is 118 Å². The molecule has 0 bridgehead atoms. The standard InChI is InChI=1S/C13H22N4OS/c1-9-12(19-17-16-9)11(15-14)10-4-7-18-13(8-10)5-2-3-6-13/h10-11,15H,2-8,14H2,1H3. The van der Waals surface area contributed by atoms with Crippen LogP contribution in [0.25, 0.3) is 0 Å². The van der Waals surface area contributed by atoms with E-state index in [4.69, 9.17) is 10.6 Å². The van der Waals surface area contributed by atoms with Crippen LogP contribution in [0.3, 0.4) is 0 Å². The van der Waals surface area contributed by atoms with Crippen LogP contribution in [0, 0.1) is 12.8 Å². The number of rotatable bonds is 3. The van der Waals surface area contributed by atoms with Gasteiger partial charge in [-0.1, -0.05) is 17.3 Å². The third-order valence-corrected chi connectivity index (χ3v) is 5.58. The minimum atomic E-state index is 0.129. The Balaban J connectivity index is 1.78. The second-order valence-corrected chi connectivity index (χ2v) is 6.64. The highest BCUT2D eigenvalue weighted by Crippen LogP contribution is 2.45. The van der Waals surface area contributed by atoms with Gasteiger partial charge in [0.25, 0.3) is 0 Å². The summed E-state index contributed by atoms with van der Waals surface area (Å²) in [5.41, 5.74) is 4.13. The fourth-order valence-electron chi connectivity index (χ4n) is 3.67. The molecule has 2 fully saturated rings. The maximum Gasteiger partial charge on any atom is 0.0773 e. The van der Waals surface area contributed by atoms with Crippen molar-refractivity contribution in [3.8, 4) is 0 Å². The molecule has 0 radical (unpaired) electrons. The summed E-state index contributed by atoms with van der Waals surface area (Å²) >= 11 is 1.46. The molecule has 0 aromatic carbocycles. The average molecular weight is 282 g/mol. The van der Waals surface area contributed by atoms with Crippen molar-refractivity contribution < 1.29 is 4.74 Å². The zero-order valence-electron chi connectivity index (χ0n) is 11.4. The van der Waals surface area contributed by atoms with Gasteiger partial charge >= 0.3 is 0 Å². The van der Waals surface area contributed by atoms with Crippen molar-refractivity contribution in [1.82, 2.24) is 15.0 Å². The van der Waals surface area contributed by atoms with Crippen LogP contribution in [0.15, 0.2) is 0 Å². The van der Waals surface area contributed by atoms with Crippen LogP contribution in [-0.4, -0.2) is 21.8 Å². The molecule has 1 aromatic heterocycles. The number of aryl methyl sites for hydroxylation is 1. The summed E-state index contributed by atoms with van der Waals surface area (Å²) in [4.78, 5) is 1.18. The lowest BCUT2D eigenvalue weighted by Gasteiger charge is -2.41. The molecule has 1 aromatic rings. The largest absolute Gasteiger partial charge is 0.375 e. The van der Waals surface area contributed by atoms with E-state index in [0.717, 1.165) is 25.1 Å². The molecular formula is C13H22N4OS. The van der Waals surface area contributed by atoms with E-state index in [1.165, 1.54) is 42.1 Å². The third-order valence-electron chi connectivity index (χ3n) is 4.67. The molecule has 1 saturated heterocycles. The summed E-state index contributed by atoms with van der Waals surface area (Å²) in [5, 5.41) is 4.11. The van der Waals surface area contributed by atoms with Crippen molar-refractivity contribution >= 4 is 11.5 Å². The minimum Gasteiger partial charge on any atom is -0.375 e. The maximum atomic E-state index is 6.10. The molecule has 106 valence electrons. The van der Waals surface area contributed by atoms with Gasteiger partial charge in [0.05, 0.1) is 22.2 Å². The third kappa shape index (κ3) is 2.54. The van der Waals surface area contributed by atoms with Gasteiger partial charge in [-0.25, -0.2) is 0 Å².